The van der Waals surface area contributed by atoms with Gasteiger partial charge in [-0.25, -0.2) is 8.78 Å². The van der Waals surface area contributed by atoms with Gasteiger partial charge in [-0.3, -0.25) is 0 Å². The van der Waals surface area contributed by atoms with E-state index in [0.29, 0.717) is 17.5 Å². The van der Waals surface area contributed by atoms with Crippen molar-refractivity contribution < 1.29 is 13.9 Å². The molecule has 1 aromatic carbocycles. The molecule has 0 aliphatic carbocycles. The van der Waals surface area contributed by atoms with Crippen LogP contribution in [0.2, 0.25) is 0 Å². The number of halogens is 2. The van der Waals surface area contributed by atoms with Crippen molar-refractivity contribution in [1.29, 1.82) is 0 Å². The van der Waals surface area contributed by atoms with Gasteiger partial charge in [0.25, 0.3) is 0 Å². The largest absolute Gasteiger partial charge is 0.384 e. The molecule has 0 aromatic heterocycles. The first-order valence-electron chi connectivity index (χ1n) is 4.72. The van der Waals surface area contributed by atoms with Crippen LogP contribution in [-0.2, 0) is 0 Å². The highest BCUT2D eigenvalue weighted by atomic mass is 19.1. The van der Waals surface area contributed by atoms with Crippen LogP contribution in [0.4, 0.5) is 8.78 Å². The summed E-state index contributed by atoms with van der Waals surface area (Å²) < 4.78 is 25.0. The van der Waals surface area contributed by atoms with Crippen LogP contribution in [0.15, 0.2) is 61.0 Å². The normalized spacial score (nSPS) is 14.1. The maximum Gasteiger partial charge on any atom is 0.123 e. The standard InChI is InChI=1S/C13H12F2O/c1-2-4-10(7-8-14)13(16)11-5-3-6-12(15)9-11/h2-9,13,16H,1H2/b8-7+,10-4+. The van der Waals surface area contributed by atoms with Gasteiger partial charge in [0.1, 0.15) is 11.9 Å². The van der Waals surface area contributed by atoms with E-state index in [1.807, 2.05) is 0 Å². The molecule has 0 aliphatic heterocycles. The van der Waals surface area contributed by atoms with Gasteiger partial charge in [0.2, 0.25) is 0 Å². The molecular formula is C13H12F2O. The van der Waals surface area contributed by atoms with E-state index in [1.165, 1.54) is 30.4 Å². The Morgan fingerprint density at radius 1 is 1.44 bits per heavy atom. The van der Waals surface area contributed by atoms with Crippen LogP contribution in [0.25, 0.3) is 0 Å². The van der Waals surface area contributed by atoms with Gasteiger partial charge in [-0.2, -0.15) is 0 Å². The third-order valence-electron chi connectivity index (χ3n) is 2.05. The van der Waals surface area contributed by atoms with E-state index in [-0.39, 0.29) is 0 Å². The maximum atomic E-state index is 12.9. The lowest BCUT2D eigenvalue weighted by molar-refractivity contribution is 0.219. The summed E-state index contributed by atoms with van der Waals surface area (Å²) in [4.78, 5) is 0. The first-order chi connectivity index (χ1) is 7.69. The SMILES string of the molecule is C=C/C=C(\C=C\F)C(O)c1cccc(F)c1. The minimum Gasteiger partial charge on any atom is -0.384 e. The Morgan fingerprint density at radius 3 is 2.75 bits per heavy atom. The lowest BCUT2D eigenvalue weighted by atomic mass is 10.0. The molecule has 16 heavy (non-hydrogen) atoms. The molecule has 0 saturated heterocycles. The van der Waals surface area contributed by atoms with Crippen molar-refractivity contribution in [3.8, 4) is 0 Å². The Morgan fingerprint density at radius 2 is 2.19 bits per heavy atom. The second kappa shape index (κ2) is 5.98. The monoisotopic (exact) mass is 222 g/mol. The Bertz CT molecular complexity index is 422. The zero-order chi connectivity index (χ0) is 12.0. The fraction of sp³-hybridized carbons (Fsp3) is 0.0769. The Labute approximate surface area is 93.0 Å². The molecule has 84 valence electrons. The molecule has 1 rings (SSSR count). The molecule has 0 heterocycles. The molecule has 0 radical (unpaired) electrons. The molecule has 0 aliphatic rings. The van der Waals surface area contributed by atoms with E-state index in [0.717, 1.165) is 6.08 Å². The minimum atomic E-state index is -1.07. The van der Waals surface area contributed by atoms with Gasteiger partial charge in [0.05, 0.1) is 6.33 Å². The average molecular weight is 222 g/mol. The fourth-order valence-electron chi connectivity index (χ4n) is 1.32. The molecule has 1 aromatic rings. The van der Waals surface area contributed by atoms with Gasteiger partial charge in [-0.05, 0) is 29.3 Å². The van der Waals surface area contributed by atoms with Gasteiger partial charge in [-0.1, -0.05) is 30.9 Å². The van der Waals surface area contributed by atoms with Crippen LogP contribution in [-0.4, -0.2) is 5.11 Å². The smallest absolute Gasteiger partial charge is 0.123 e. The van der Waals surface area contributed by atoms with Gasteiger partial charge in [0.15, 0.2) is 0 Å². The lowest BCUT2D eigenvalue weighted by Crippen LogP contribution is -2.00. The predicted octanol–water partition coefficient (Wildman–Crippen LogP) is 3.45. The summed E-state index contributed by atoms with van der Waals surface area (Å²) in [6, 6.07) is 5.53. The van der Waals surface area contributed by atoms with Crippen molar-refractivity contribution in [2.45, 2.75) is 6.10 Å². The molecule has 1 N–H and O–H groups in total. The Balaban J connectivity index is 3.03. The van der Waals surface area contributed by atoms with Crippen molar-refractivity contribution in [3.05, 3.63) is 72.4 Å². The van der Waals surface area contributed by atoms with E-state index < -0.39 is 11.9 Å². The molecular weight excluding hydrogens is 210 g/mol. The van der Waals surface area contributed by atoms with Crippen LogP contribution in [0.3, 0.4) is 0 Å². The molecule has 0 amide bonds. The second-order valence-corrected chi connectivity index (χ2v) is 3.15. The van der Waals surface area contributed by atoms with Crippen LogP contribution < -0.4 is 0 Å². The van der Waals surface area contributed by atoms with Crippen molar-refractivity contribution in [1.82, 2.24) is 0 Å². The molecule has 1 nitrogen and oxygen atoms in total. The first-order valence-corrected chi connectivity index (χ1v) is 4.72. The van der Waals surface area contributed by atoms with E-state index in [4.69, 9.17) is 0 Å². The number of benzene rings is 1. The van der Waals surface area contributed by atoms with Crippen LogP contribution >= 0.6 is 0 Å². The predicted molar refractivity (Wildman–Crippen MR) is 59.9 cm³/mol. The lowest BCUT2D eigenvalue weighted by Gasteiger charge is -2.11. The highest BCUT2D eigenvalue weighted by Gasteiger charge is 2.11. The molecule has 3 heteroatoms. The Hall–Kier alpha value is -1.74. The fourth-order valence-corrected chi connectivity index (χ4v) is 1.32. The van der Waals surface area contributed by atoms with Crippen molar-refractivity contribution >= 4 is 0 Å². The van der Waals surface area contributed by atoms with Gasteiger partial charge >= 0.3 is 0 Å². The third kappa shape index (κ3) is 3.14. The summed E-state index contributed by atoms with van der Waals surface area (Å²) in [6.45, 7) is 3.46. The second-order valence-electron chi connectivity index (χ2n) is 3.15. The van der Waals surface area contributed by atoms with Crippen LogP contribution in [0.1, 0.15) is 11.7 Å². The van der Waals surface area contributed by atoms with Crippen molar-refractivity contribution in [2.75, 3.05) is 0 Å². The summed E-state index contributed by atoms with van der Waals surface area (Å²) in [6.07, 6.45) is 3.25. The maximum absolute atomic E-state index is 12.9. The molecule has 0 spiro atoms. The summed E-state index contributed by atoms with van der Waals surface area (Å²) >= 11 is 0. The first kappa shape index (κ1) is 12.3. The molecule has 0 fully saturated rings. The number of allylic oxidation sites excluding steroid dienone is 2. The van der Waals surface area contributed by atoms with E-state index in [1.54, 1.807) is 6.07 Å². The van der Waals surface area contributed by atoms with Crippen molar-refractivity contribution in [3.63, 3.8) is 0 Å². The van der Waals surface area contributed by atoms with E-state index >= 15 is 0 Å². The van der Waals surface area contributed by atoms with Gasteiger partial charge in [0, 0.05) is 0 Å². The van der Waals surface area contributed by atoms with Crippen LogP contribution in [0.5, 0.6) is 0 Å². The van der Waals surface area contributed by atoms with Gasteiger partial charge in [-0.15, -0.1) is 0 Å². The van der Waals surface area contributed by atoms with E-state index in [9.17, 15) is 13.9 Å². The molecule has 0 saturated carbocycles. The quantitative estimate of drug-likeness (QED) is 0.773. The number of hydrogen-bond donors (Lipinski definition) is 1. The topological polar surface area (TPSA) is 20.2 Å². The summed E-state index contributed by atoms with van der Waals surface area (Å²) in [5.41, 5.74) is 0.675. The average Bonchev–Trinajstić information content (AvgIpc) is 2.28. The molecule has 1 unspecified atom stereocenters. The minimum absolute atomic E-state index is 0.308. The zero-order valence-corrected chi connectivity index (χ0v) is 8.61. The summed E-state index contributed by atoms with van der Waals surface area (Å²) in [7, 11) is 0. The third-order valence-corrected chi connectivity index (χ3v) is 2.05. The van der Waals surface area contributed by atoms with E-state index in [2.05, 4.69) is 6.58 Å². The van der Waals surface area contributed by atoms with Crippen LogP contribution in [0, 0.1) is 5.82 Å². The summed E-state index contributed by atoms with van der Waals surface area (Å²) in [5.74, 6) is -0.446. The summed E-state index contributed by atoms with van der Waals surface area (Å²) in [5, 5.41) is 9.87. The Kier molecular flexibility index (Phi) is 4.61. The van der Waals surface area contributed by atoms with Crippen molar-refractivity contribution in [2.24, 2.45) is 0 Å². The van der Waals surface area contributed by atoms with Gasteiger partial charge < -0.3 is 5.11 Å². The zero-order valence-electron chi connectivity index (χ0n) is 8.61. The number of hydrogen-bond acceptors (Lipinski definition) is 1. The molecule has 1 atom stereocenters. The number of aliphatic hydroxyl groups is 1. The molecule has 0 bridgehead atoms. The number of rotatable bonds is 4. The number of aliphatic hydroxyl groups excluding tert-OH is 1. The highest BCUT2D eigenvalue weighted by molar-refractivity contribution is 5.34. The highest BCUT2D eigenvalue weighted by Crippen LogP contribution is 2.23.